The molecule has 0 bridgehead atoms. The number of amides is 1. The lowest BCUT2D eigenvalue weighted by atomic mass is 10.1. The number of nitrogens with one attached hydrogen (secondary N) is 1. The predicted octanol–water partition coefficient (Wildman–Crippen LogP) is 4.31. The monoisotopic (exact) mass is 374 g/mol. The van der Waals surface area contributed by atoms with Gasteiger partial charge in [0.1, 0.15) is 24.9 Å². The Morgan fingerprint density at radius 2 is 1.88 bits per heavy atom. The van der Waals surface area contributed by atoms with E-state index in [1.807, 2.05) is 6.07 Å². The molecule has 0 unspecified atom stereocenters. The van der Waals surface area contributed by atoms with Crippen molar-refractivity contribution in [1.82, 2.24) is 0 Å². The highest BCUT2D eigenvalue weighted by Crippen LogP contribution is 2.31. The first-order valence-electron chi connectivity index (χ1n) is 7.34. The van der Waals surface area contributed by atoms with E-state index in [0.717, 1.165) is 0 Å². The summed E-state index contributed by atoms with van der Waals surface area (Å²) in [4.78, 5) is 12.3. The van der Waals surface area contributed by atoms with Crippen molar-refractivity contribution in [2.45, 2.75) is 0 Å². The number of ether oxygens (including phenoxy) is 2. The molecule has 1 N–H and O–H groups in total. The highest BCUT2D eigenvalue weighted by atomic mass is 35.5. The molecule has 0 saturated carbocycles. The van der Waals surface area contributed by atoms with Gasteiger partial charge in [-0.25, -0.2) is 0 Å². The maximum absolute atomic E-state index is 12.3. The maximum Gasteiger partial charge on any atom is 0.266 e. The van der Waals surface area contributed by atoms with Crippen molar-refractivity contribution in [1.29, 1.82) is 5.26 Å². The Bertz CT molecular complexity index is 904. The van der Waals surface area contributed by atoms with E-state index in [-0.39, 0.29) is 10.6 Å². The molecule has 3 rings (SSSR count). The lowest BCUT2D eigenvalue weighted by Crippen LogP contribution is -2.15. The van der Waals surface area contributed by atoms with Gasteiger partial charge in [0.25, 0.3) is 5.91 Å². The van der Waals surface area contributed by atoms with Crippen LogP contribution < -0.4 is 14.8 Å². The Morgan fingerprint density at radius 3 is 2.60 bits per heavy atom. The van der Waals surface area contributed by atoms with Crippen molar-refractivity contribution in [3.05, 3.63) is 57.6 Å². The van der Waals surface area contributed by atoms with Gasteiger partial charge in [0, 0.05) is 5.02 Å². The molecule has 0 spiro atoms. The number of nitrogens with zero attached hydrogens (tertiary/aromatic N) is 1. The molecule has 1 aliphatic rings. The van der Waals surface area contributed by atoms with Crippen molar-refractivity contribution in [2.75, 3.05) is 18.5 Å². The van der Waals surface area contributed by atoms with Crippen LogP contribution in [0, 0.1) is 11.3 Å². The second kappa shape index (κ2) is 7.47. The van der Waals surface area contributed by atoms with Crippen LogP contribution in [0.4, 0.5) is 5.69 Å². The minimum absolute atomic E-state index is 0.0669. The number of halogens is 2. The highest BCUT2D eigenvalue weighted by Gasteiger charge is 2.14. The smallest absolute Gasteiger partial charge is 0.266 e. The van der Waals surface area contributed by atoms with E-state index in [1.54, 1.807) is 30.3 Å². The molecule has 0 radical (unpaired) electrons. The SMILES string of the molecule is N#C/C(=C\c1ccc2c(c1)OCCO2)C(=O)Nc1ccc(Cl)cc1Cl. The zero-order chi connectivity index (χ0) is 17.8. The van der Waals surface area contributed by atoms with Crippen LogP contribution in [0.5, 0.6) is 11.5 Å². The van der Waals surface area contributed by atoms with Crippen molar-refractivity contribution in [3.63, 3.8) is 0 Å². The Balaban J connectivity index is 1.82. The second-order valence-electron chi connectivity index (χ2n) is 5.15. The van der Waals surface area contributed by atoms with Gasteiger partial charge in [-0.15, -0.1) is 0 Å². The fourth-order valence-corrected chi connectivity index (χ4v) is 2.70. The van der Waals surface area contributed by atoms with Gasteiger partial charge < -0.3 is 14.8 Å². The highest BCUT2D eigenvalue weighted by molar-refractivity contribution is 6.36. The Morgan fingerprint density at radius 1 is 1.12 bits per heavy atom. The van der Waals surface area contributed by atoms with Crippen LogP contribution in [-0.4, -0.2) is 19.1 Å². The molecule has 0 saturated heterocycles. The van der Waals surface area contributed by atoms with E-state index in [9.17, 15) is 10.1 Å². The molecule has 0 atom stereocenters. The molecule has 2 aromatic carbocycles. The summed E-state index contributed by atoms with van der Waals surface area (Å²) in [7, 11) is 0. The van der Waals surface area contributed by atoms with Gasteiger partial charge >= 0.3 is 0 Å². The Labute approximate surface area is 154 Å². The molecule has 0 aromatic heterocycles. The number of anilines is 1. The zero-order valence-corrected chi connectivity index (χ0v) is 14.4. The second-order valence-corrected chi connectivity index (χ2v) is 5.99. The fourth-order valence-electron chi connectivity index (χ4n) is 2.25. The van der Waals surface area contributed by atoms with E-state index < -0.39 is 5.91 Å². The number of carbonyl (C=O) groups is 1. The van der Waals surface area contributed by atoms with Gasteiger partial charge in [0.2, 0.25) is 0 Å². The quantitative estimate of drug-likeness (QED) is 0.641. The molecule has 0 aliphatic carbocycles. The van der Waals surface area contributed by atoms with Crippen LogP contribution in [0.15, 0.2) is 42.0 Å². The van der Waals surface area contributed by atoms with Crippen molar-refractivity contribution in [3.8, 4) is 17.6 Å². The first-order valence-corrected chi connectivity index (χ1v) is 8.10. The van der Waals surface area contributed by atoms with Crippen LogP contribution in [0.2, 0.25) is 10.0 Å². The summed E-state index contributed by atoms with van der Waals surface area (Å²) in [5.74, 6) is 0.652. The molecule has 2 aromatic rings. The summed E-state index contributed by atoms with van der Waals surface area (Å²) in [5, 5.41) is 12.6. The molecular formula is C18H12Cl2N2O3. The van der Waals surface area contributed by atoms with Crippen LogP contribution in [0.1, 0.15) is 5.56 Å². The third-order valence-corrected chi connectivity index (χ3v) is 3.97. The minimum atomic E-state index is -0.568. The van der Waals surface area contributed by atoms with Crippen LogP contribution in [0.3, 0.4) is 0 Å². The van der Waals surface area contributed by atoms with Gasteiger partial charge in [0.05, 0.1) is 10.7 Å². The summed E-state index contributed by atoms with van der Waals surface area (Å²) in [6, 6.07) is 11.8. The molecule has 1 amide bonds. The normalized spacial score (nSPS) is 13.1. The van der Waals surface area contributed by atoms with E-state index in [2.05, 4.69) is 5.32 Å². The number of fused-ring (bicyclic) bond motifs is 1. The number of benzene rings is 2. The van der Waals surface area contributed by atoms with E-state index in [1.165, 1.54) is 12.1 Å². The molecule has 126 valence electrons. The van der Waals surface area contributed by atoms with E-state index >= 15 is 0 Å². The topological polar surface area (TPSA) is 71.3 Å². The van der Waals surface area contributed by atoms with Gasteiger partial charge in [-0.2, -0.15) is 5.26 Å². The van der Waals surface area contributed by atoms with Gasteiger partial charge in [-0.1, -0.05) is 29.3 Å². The number of nitriles is 1. The maximum atomic E-state index is 12.3. The molecule has 25 heavy (non-hydrogen) atoms. The van der Waals surface area contributed by atoms with Crippen molar-refractivity contribution in [2.24, 2.45) is 0 Å². The van der Waals surface area contributed by atoms with E-state index in [4.69, 9.17) is 32.7 Å². The summed E-state index contributed by atoms with van der Waals surface area (Å²) in [6.45, 7) is 0.955. The molecular weight excluding hydrogens is 363 g/mol. The average Bonchev–Trinajstić information content (AvgIpc) is 2.61. The Hall–Kier alpha value is -2.68. The molecule has 7 heteroatoms. The molecule has 1 heterocycles. The van der Waals surface area contributed by atoms with Crippen molar-refractivity contribution >= 4 is 40.9 Å². The third-order valence-electron chi connectivity index (χ3n) is 3.42. The fraction of sp³-hybridized carbons (Fsp3) is 0.111. The predicted molar refractivity (Wildman–Crippen MR) is 96.1 cm³/mol. The van der Waals surface area contributed by atoms with Crippen LogP contribution in [-0.2, 0) is 4.79 Å². The first-order chi connectivity index (χ1) is 12.1. The lowest BCUT2D eigenvalue weighted by Gasteiger charge is -2.18. The summed E-state index contributed by atoms with van der Waals surface area (Å²) in [5.41, 5.74) is 0.959. The van der Waals surface area contributed by atoms with Crippen LogP contribution in [0.25, 0.3) is 6.08 Å². The number of carbonyl (C=O) groups excluding carboxylic acids is 1. The van der Waals surface area contributed by atoms with Gasteiger partial charge in [-0.3, -0.25) is 4.79 Å². The summed E-state index contributed by atoms with van der Waals surface area (Å²) < 4.78 is 10.9. The standard InChI is InChI=1S/C18H12Cl2N2O3/c19-13-2-3-15(14(20)9-13)22-18(23)12(10-21)7-11-1-4-16-17(8-11)25-6-5-24-16/h1-4,7-9H,5-6H2,(H,22,23)/b12-7+. The first kappa shape index (κ1) is 17.2. The lowest BCUT2D eigenvalue weighted by molar-refractivity contribution is -0.112. The third kappa shape index (κ3) is 4.05. The van der Waals surface area contributed by atoms with Gasteiger partial charge in [-0.05, 0) is 42.0 Å². The van der Waals surface area contributed by atoms with Crippen molar-refractivity contribution < 1.29 is 14.3 Å². The van der Waals surface area contributed by atoms with Gasteiger partial charge in [0.15, 0.2) is 11.5 Å². The minimum Gasteiger partial charge on any atom is -0.486 e. The molecule has 0 fully saturated rings. The van der Waals surface area contributed by atoms with E-state index in [0.29, 0.717) is 41.0 Å². The number of hydrogen-bond donors (Lipinski definition) is 1. The molecule has 5 nitrogen and oxygen atoms in total. The molecule has 1 aliphatic heterocycles. The number of rotatable bonds is 3. The zero-order valence-electron chi connectivity index (χ0n) is 12.9. The summed E-state index contributed by atoms with van der Waals surface area (Å²) >= 11 is 11.9. The average molecular weight is 375 g/mol. The Kier molecular flexibility index (Phi) is 5.13. The summed E-state index contributed by atoms with van der Waals surface area (Å²) in [6.07, 6.45) is 1.47. The number of hydrogen-bond acceptors (Lipinski definition) is 4. The van der Waals surface area contributed by atoms with Crippen LogP contribution >= 0.6 is 23.2 Å². The largest absolute Gasteiger partial charge is 0.486 e.